The monoisotopic (exact) mass is 238 g/mol. The Morgan fingerprint density at radius 1 is 1.31 bits per heavy atom. The molecular weight excluding hydrogens is 216 g/mol. The topological polar surface area (TPSA) is 24.9 Å². The summed E-state index contributed by atoms with van der Waals surface area (Å²) in [6.45, 7) is 6.54. The molecule has 0 atom stereocenters. The highest BCUT2D eigenvalue weighted by atomic mass is 32.1. The van der Waals surface area contributed by atoms with Crippen LogP contribution in [0.1, 0.15) is 41.3 Å². The highest BCUT2D eigenvalue weighted by molar-refractivity contribution is 7.11. The van der Waals surface area contributed by atoms with E-state index in [0.717, 1.165) is 18.9 Å². The Labute approximate surface area is 102 Å². The van der Waals surface area contributed by atoms with Crippen LogP contribution in [0.15, 0.2) is 0 Å². The van der Waals surface area contributed by atoms with Crippen molar-refractivity contribution < 1.29 is 0 Å². The van der Waals surface area contributed by atoms with Crippen molar-refractivity contribution in [1.29, 1.82) is 0 Å². The van der Waals surface area contributed by atoms with Gasteiger partial charge >= 0.3 is 0 Å². The highest BCUT2D eigenvalue weighted by Gasteiger charge is 2.14. The zero-order chi connectivity index (χ0) is 11.4. The van der Waals surface area contributed by atoms with Crippen molar-refractivity contribution in [2.24, 2.45) is 5.92 Å². The van der Waals surface area contributed by atoms with Crippen LogP contribution >= 0.6 is 11.3 Å². The van der Waals surface area contributed by atoms with E-state index >= 15 is 0 Å². The third-order valence-corrected chi connectivity index (χ3v) is 4.57. The zero-order valence-electron chi connectivity index (χ0n) is 10.4. The maximum atomic E-state index is 4.46. The van der Waals surface area contributed by atoms with Crippen LogP contribution in [0, 0.1) is 19.8 Å². The second-order valence-electron chi connectivity index (χ2n) is 4.85. The van der Waals surface area contributed by atoms with Gasteiger partial charge in [-0.1, -0.05) is 12.8 Å². The molecule has 16 heavy (non-hydrogen) atoms. The molecule has 90 valence electrons. The summed E-state index contributed by atoms with van der Waals surface area (Å²) in [6, 6.07) is 0. The summed E-state index contributed by atoms with van der Waals surface area (Å²) in [5, 5.41) is 4.79. The lowest BCUT2D eigenvalue weighted by Gasteiger charge is -2.09. The predicted octanol–water partition coefficient (Wildman–Crippen LogP) is 3.08. The summed E-state index contributed by atoms with van der Waals surface area (Å²) < 4.78 is 0. The van der Waals surface area contributed by atoms with Gasteiger partial charge in [0.15, 0.2) is 0 Å². The first-order chi connectivity index (χ1) is 7.75. The Hall–Kier alpha value is -0.410. The van der Waals surface area contributed by atoms with Crippen molar-refractivity contribution in [3.63, 3.8) is 0 Å². The molecule has 1 saturated carbocycles. The quantitative estimate of drug-likeness (QED) is 0.797. The maximum absolute atomic E-state index is 4.46. The standard InChI is InChI=1S/C13H22N2S/c1-10-13(16-11(2)15-10)7-8-14-9-12-5-3-4-6-12/h12,14H,3-9H2,1-2H3. The van der Waals surface area contributed by atoms with Gasteiger partial charge in [0.05, 0.1) is 10.7 Å². The number of hydrogen-bond donors (Lipinski definition) is 1. The fourth-order valence-corrected chi connectivity index (χ4v) is 3.46. The molecule has 0 unspecified atom stereocenters. The predicted molar refractivity (Wildman–Crippen MR) is 70.1 cm³/mol. The largest absolute Gasteiger partial charge is 0.316 e. The van der Waals surface area contributed by atoms with Crippen LogP contribution in [0.2, 0.25) is 0 Å². The molecule has 0 aliphatic heterocycles. The minimum Gasteiger partial charge on any atom is -0.316 e. The van der Waals surface area contributed by atoms with Crippen LogP contribution in [-0.2, 0) is 6.42 Å². The van der Waals surface area contributed by atoms with Crippen LogP contribution in [0.25, 0.3) is 0 Å². The van der Waals surface area contributed by atoms with E-state index in [0.29, 0.717) is 0 Å². The summed E-state index contributed by atoms with van der Waals surface area (Å²) in [4.78, 5) is 5.91. The van der Waals surface area contributed by atoms with Crippen LogP contribution in [0.4, 0.5) is 0 Å². The Kier molecular flexibility index (Phi) is 4.36. The van der Waals surface area contributed by atoms with Crippen LogP contribution in [0.3, 0.4) is 0 Å². The molecule has 0 saturated heterocycles. The molecule has 0 spiro atoms. The third-order valence-electron chi connectivity index (χ3n) is 3.44. The van der Waals surface area contributed by atoms with Gasteiger partial charge in [-0.3, -0.25) is 0 Å². The molecule has 2 nitrogen and oxygen atoms in total. The Bertz CT molecular complexity index is 327. The van der Waals surface area contributed by atoms with E-state index < -0.39 is 0 Å². The lowest BCUT2D eigenvalue weighted by molar-refractivity contribution is 0.492. The molecule has 0 radical (unpaired) electrons. The minimum absolute atomic E-state index is 0.948. The smallest absolute Gasteiger partial charge is 0.0900 e. The molecule has 1 aliphatic carbocycles. The Morgan fingerprint density at radius 3 is 2.69 bits per heavy atom. The summed E-state index contributed by atoms with van der Waals surface area (Å²) in [5.41, 5.74) is 1.23. The average molecular weight is 238 g/mol. The van der Waals surface area contributed by atoms with Crippen molar-refractivity contribution in [3.8, 4) is 0 Å². The Morgan fingerprint density at radius 2 is 2.06 bits per heavy atom. The van der Waals surface area contributed by atoms with E-state index in [1.54, 1.807) is 0 Å². The van der Waals surface area contributed by atoms with Gasteiger partial charge in [-0.05, 0) is 45.6 Å². The number of nitrogens with one attached hydrogen (secondary N) is 1. The summed E-state index contributed by atoms with van der Waals surface area (Å²) in [6.07, 6.45) is 6.90. The van der Waals surface area contributed by atoms with Gasteiger partial charge in [-0.2, -0.15) is 0 Å². The SMILES string of the molecule is Cc1nc(C)c(CCNCC2CCCC2)s1. The van der Waals surface area contributed by atoms with E-state index in [1.165, 1.54) is 47.8 Å². The van der Waals surface area contributed by atoms with Crippen LogP contribution in [-0.4, -0.2) is 18.1 Å². The van der Waals surface area contributed by atoms with Crippen molar-refractivity contribution in [3.05, 3.63) is 15.6 Å². The molecule has 2 rings (SSSR count). The average Bonchev–Trinajstić information content (AvgIpc) is 2.84. The van der Waals surface area contributed by atoms with Gasteiger partial charge in [-0.25, -0.2) is 4.98 Å². The first-order valence-electron chi connectivity index (χ1n) is 6.39. The number of aryl methyl sites for hydroxylation is 2. The van der Waals surface area contributed by atoms with Gasteiger partial charge in [0.1, 0.15) is 0 Å². The second kappa shape index (κ2) is 5.78. The number of aromatic nitrogens is 1. The Balaban J connectivity index is 1.65. The molecule has 1 fully saturated rings. The molecule has 3 heteroatoms. The number of nitrogens with zero attached hydrogens (tertiary/aromatic N) is 1. The van der Waals surface area contributed by atoms with Gasteiger partial charge in [0, 0.05) is 11.4 Å². The highest BCUT2D eigenvalue weighted by Crippen LogP contribution is 2.23. The molecule has 1 heterocycles. The van der Waals surface area contributed by atoms with Crippen LogP contribution < -0.4 is 5.32 Å². The first-order valence-corrected chi connectivity index (χ1v) is 7.21. The van der Waals surface area contributed by atoms with E-state index in [9.17, 15) is 0 Å². The molecule has 0 amide bonds. The summed E-state index contributed by atoms with van der Waals surface area (Å²) in [5.74, 6) is 0.948. The zero-order valence-corrected chi connectivity index (χ0v) is 11.2. The molecule has 1 aromatic rings. The van der Waals surface area contributed by atoms with Crippen molar-refractivity contribution in [2.45, 2.75) is 46.0 Å². The van der Waals surface area contributed by atoms with E-state index in [1.807, 2.05) is 11.3 Å². The lowest BCUT2D eigenvalue weighted by atomic mass is 10.1. The summed E-state index contributed by atoms with van der Waals surface area (Å²) in [7, 11) is 0. The van der Waals surface area contributed by atoms with Gasteiger partial charge in [-0.15, -0.1) is 11.3 Å². The number of hydrogen-bond acceptors (Lipinski definition) is 3. The molecule has 1 N–H and O–H groups in total. The van der Waals surface area contributed by atoms with Gasteiger partial charge < -0.3 is 5.32 Å². The molecular formula is C13H22N2S. The van der Waals surface area contributed by atoms with Gasteiger partial charge in [0.2, 0.25) is 0 Å². The number of thiazole rings is 1. The van der Waals surface area contributed by atoms with Gasteiger partial charge in [0.25, 0.3) is 0 Å². The lowest BCUT2D eigenvalue weighted by Crippen LogP contribution is -2.23. The first kappa shape index (κ1) is 12.1. The van der Waals surface area contributed by atoms with Crippen LogP contribution in [0.5, 0.6) is 0 Å². The molecule has 1 aliphatic rings. The van der Waals surface area contributed by atoms with E-state index in [2.05, 4.69) is 24.1 Å². The van der Waals surface area contributed by atoms with Crippen molar-refractivity contribution in [1.82, 2.24) is 10.3 Å². The fraction of sp³-hybridized carbons (Fsp3) is 0.769. The second-order valence-corrected chi connectivity index (χ2v) is 6.13. The number of rotatable bonds is 5. The molecule has 0 bridgehead atoms. The van der Waals surface area contributed by atoms with E-state index in [4.69, 9.17) is 0 Å². The molecule has 0 aromatic carbocycles. The van der Waals surface area contributed by atoms with E-state index in [-0.39, 0.29) is 0 Å². The van der Waals surface area contributed by atoms with Crippen molar-refractivity contribution in [2.75, 3.05) is 13.1 Å². The third kappa shape index (κ3) is 3.29. The minimum atomic E-state index is 0.948. The fourth-order valence-electron chi connectivity index (χ4n) is 2.53. The van der Waals surface area contributed by atoms with Crippen molar-refractivity contribution >= 4 is 11.3 Å². The molecule has 1 aromatic heterocycles. The summed E-state index contributed by atoms with van der Waals surface area (Å²) >= 11 is 1.85. The maximum Gasteiger partial charge on any atom is 0.0900 e. The normalized spacial score (nSPS) is 17.1.